The minimum absolute atomic E-state index is 0.605. The second-order valence-electron chi connectivity index (χ2n) is 5.57. The average molecular weight is 269 g/mol. The summed E-state index contributed by atoms with van der Waals surface area (Å²) in [6.45, 7) is 3.37. The summed E-state index contributed by atoms with van der Waals surface area (Å²) in [7, 11) is 0. The smallest absolute Gasteiger partial charge is 0.0648 e. The molecule has 1 saturated heterocycles. The summed E-state index contributed by atoms with van der Waals surface area (Å²) in [6, 6.07) is 11.1. The number of nitrogens with one attached hydrogen (secondary N) is 1. The number of benzene rings is 1. The van der Waals surface area contributed by atoms with Gasteiger partial charge >= 0.3 is 0 Å². The SMILES string of the molecule is CCc1cnn(-c2ccccc2)c1CC1CCCCN1. The lowest BCUT2D eigenvalue weighted by Gasteiger charge is -2.24. The first-order chi connectivity index (χ1) is 9.88. The van der Waals surface area contributed by atoms with E-state index < -0.39 is 0 Å². The monoisotopic (exact) mass is 269 g/mol. The molecule has 1 atom stereocenters. The van der Waals surface area contributed by atoms with Gasteiger partial charge in [-0.05, 0) is 43.5 Å². The van der Waals surface area contributed by atoms with E-state index >= 15 is 0 Å². The van der Waals surface area contributed by atoms with Crippen molar-refractivity contribution in [1.29, 1.82) is 0 Å². The van der Waals surface area contributed by atoms with E-state index in [1.165, 1.54) is 30.5 Å². The second-order valence-corrected chi connectivity index (χ2v) is 5.57. The van der Waals surface area contributed by atoms with E-state index in [4.69, 9.17) is 0 Å². The molecule has 0 aliphatic carbocycles. The van der Waals surface area contributed by atoms with Gasteiger partial charge in [0.25, 0.3) is 0 Å². The highest BCUT2D eigenvalue weighted by molar-refractivity contribution is 5.35. The highest BCUT2D eigenvalue weighted by atomic mass is 15.3. The summed E-state index contributed by atoms with van der Waals surface area (Å²) in [4.78, 5) is 0. The second kappa shape index (κ2) is 6.23. The molecule has 3 nitrogen and oxygen atoms in total. The molecule has 1 aromatic carbocycles. The lowest BCUT2D eigenvalue weighted by molar-refractivity contribution is 0.394. The third-order valence-electron chi connectivity index (χ3n) is 4.19. The number of piperidine rings is 1. The fraction of sp³-hybridized carbons (Fsp3) is 0.471. The Balaban J connectivity index is 1.89. The molecular formula is C17H23N3. The fourth-order valence-corrected chi connectivity index (χ4v) is 3.04. The summed E-state index contributed by atoms with van der Waals surface area (Å²) in [5.74, 6) is 0. The normalized spacial score (nSPS) is 19.1. The van der Waals surface area contributed by atoms with Crippen molar-refractivity contribution >= 4 is 0 Å². The third kappa shape index (κ3) is 2.78. The molecule has 3 rings (SSSR count). The van der Waals surface area contributed by atoms with Gasteiger partial charge in [0, 0.05) is 18.2 Å². The average Bonchev–Trinajstić information content (AvgIpc) is 2.92. The van der Waals surface area contributed by atoms with Crippen LogP contribution in [0.25, 0.3) is 5.69 Å². The van der Waals surface area contributed by atoms with Crippen LogP contribution in [0, 0.1) is 0 Å². The summed E-state index contributed by atoms with van der Waals surface area (Å²) in [5, 5.41) is 8.26. The highest BCUT2D eigenvalue weighted by Gasteiger charge is 2.18. The number of hydrogen-bond acceptors (Lipinski definition) is 2. The van der Waals surface area contributed by atoms with Crippen LogP contribution in [0.4, 0.5) is 0 Å². The molecule has 3 heteroatoms. The van der Waals surface area contributed by atoms with Crippen LogP contribution in [0.3, 0.4) is 0 Å². The number of rotatable bonds is 4. The lowest BCUT2D eigenvalue weighted by Crippen LogP contribution is -2.36. The Morgan fingerprint density at radius 3 is 2.80 bits per heavy atom. The van der Waals surface area contributed by atoms with Crippen LogP contribution in [0.5, 0.6) is 0 Å². The Bertz CT molecular complexity index is 539. The molecule has 1 aliphatic heterocycles. The van der Waals surface area contributed by atoms with Gasteiger partial charge in [0.1, 0.15) is 0 Å². The minimum atomic E-state index is 0.605. The van der Waals surface area contributed by atoms with Gasteiger partial charge in [0.05, 0.1) is 11.9 Å². The molecule has 20 heavy (non-hydrogen) atoms. The number of aryl methyl sites for hydroxylation is 1. The molecule has 1 aromatic heterocycles. The zero-order valence-corrected chi connectivity index (χ0v) is 12.2. The molecule has 0 radical (unpaired) electrons. The van der Waals surface area contributed by atoms with Gasteiger partial charge in [-0.15, -0.1) is 0 Å². The van der Waals surface area contributed by atoms with Crippen molar-refractivity contribution in [3.8, 4) is 5.69 Å². The number of hydrogen-bond donors (Lipinski definition) is 1. The molecule has 106 valence electrons. The quantitative estimate of drug-likeness (QED) is 0.924. The van der Waals surface area contributed by atoms with Crippen LogP contribution in [0.1, 0.15) is 37.4 Å². The lowest BCUT2D eigenvalue weighted by atomic mass is 9.98. The number of para-hydroxylation sites is 1. The molecule has 1 fully saturated rings. The molecule has 0 amide bonds. The molecule has 0 spiro atoms. The maximum absolute atomic E-state index is 4.61. The van der Waals surface area contributed by atoms with Crippen molar-refractivity contribution in [2.75, 3.05) is 6.54 Å². The van der Waals surface area contributed by atoms with Crippen LogP contribution < -0.4 is 5.32 Å². The molecule has 1 unspecified atom stereocenters. The van der Waals surface area contributed by atoms with Gasteiger partial charge in [-0.25, -0.2) is 4.68 Å². The number of nitrogens with zero attached hydrogens (tertiary/aromatic N) is 2. The van der Waals surface area contributed by atoms with E-state index in [1.807, 2.05) is 6.20 Å². The first-order valence-corrected chi connectivity index (χ1v) is 7.73. The van der Waals surface area contributed by atoms with E-state index in [9.17, 15) is 0 Å². The Morgan fingerprint density at radius 1 is 1.25 bits per heavy atom. The van der Waals surface area contributed by atoms with Crippen LogP contribution in [0.2, 0.25) is 0 Å². The Kier molecular flexibility index (Phi) is 4.16. The van der Waals surface area contributed by atoms with Gasteiger partial charge < -0.3 is 5.32 Å². The zero-order valence-electron chi connectivity index (χ0n) is 12.2. The predicted molar refractivity (Wildman–Crippen MR) is 82.3 cm³/mol. The minimum Gasteiger partial charge on any atom is -0.314 e. The summed E-state index contributed by atoms with van der Waals surface area (Å²) in [6.07, 6.45) is 8.11. The van der Waals surface area contributed by atoms with Crippen LogP contribution in [-0.4, -0.2) is 22.4 Å². The van der Waals surface area contributed by atoms with E-state index in [0.717, 1.165) is 25.1 Å². The summed E-state index contributed by atoms with van der Waals surface area (Å²) < 4.78 is 2.12. The molecular weight excluding hydrogens is 246 g/mol. The first-order valence-electron chi connectivity index (χ1n) is 7.73. The van der Waals surface area contributed by atoms with Crippen LogP contribution in [0.15, 0.2) is 36.5 Å². The molecule has 2 aromatic rings. The van der Waals surface area contributed by atoms with Gasteiger partial charge in [-0.2, -0.15) is 5.10 Å². The van der Waals surface area contributed by atoms with Gasteiger partial charge in [0.15, 0.2) is 0 Å². The van der Waals surface area contributed by atoms with Gasteiger partial charge in [-0.1, -0.05) is 31.5 Å². The third-order valence-corrected chi connectivity index (χ3v) is 4.19. The van der Waals surface area contributed by atoms with Crippen molar-refractivity contribution in [1.82, 2.24) is 15.1 Å². The van der Waals surface area contributed by atoms with Crippen LogP contribution >= 0.6 is 0 Å². The van der Waals surface area contributed by atoms with Crippen molar-refractivity contribution in [3.63, 3.8) is 0 Å². The molecule has 0 saturated carbocycles. The van der Waals surface area contributed by atoms with E-state index in [-0.39, 0.29) is 0 Å². The first kappa shape index (κ1) is 13.4. The van der Waals surface area contributed by atoms with Gasteiger partial charge in [-0.3, -0.25) is 0 Å². The van der Waals surface area contributed by atoms with Crippen molar-refractivity contribution in [3.05, 3.63) is 47.8 Å². The Labute approximate surface area is 121 Å². The van der Waals surface area contributed by atoms with Gasteiger partial charge in [0.2, 0.25) is 0 Å². The van der Waals surface area contributed by atoms with Crippen molar-refractivity contribution in [2.45, 2.75) is 45.1 Å². The highest BCUT2D eigenvalue weighted by Crippen LogP contribution is 2.20. The van der Waals surface area contributed by atoms with E-state index in [2.05, 4.69) is 52.4 Å². The Hall–Kier alpha value is -1.61. The standard InChI is InChI=1S/C17H23N3/c1-2-14-13-19-20(16-9-4-3-5-10-16)17(14)12-15-8-6-7-11-18-15/h3-5,9-10,13,15,18H,2,6-8,11-12H2,1H3. The number of aromatic nitrogens is 2. The van der Waals surface area contributed by atoms with Crippen LogP contribution in [-0.2, 0) is 12.8 Å². The Morgan fingerprint density at radius 2 is 2.10 bits per heavy atom. The summed E-state index contributed by atoms with van der Waals surface area (Å²) in [5.41, 5.74) is 3.91. The topological polar surface area (TPSA) is 29.9 Å². The predicted octanol–water partition coefficient (Wildman–Crippen LogP) is 3.12. The molecule has 2 heterocycles. The van der Waals surface area contributed by atoms with E-state index in [1.54, 1.807) is 0 Å². The van der Waals surface area contributed by atoms with Crippen molar-refractivity contribution in [2.24, 2.45) is 0 Å². The molecule has 1 N–H and O–H groups in total. The molecule has 1 aliphatic rings. The fourth-order valence-electron chi connectivity index (χ4n) is 3.04. The van der Waals surface area contributed by atoms with Crippen molar-refractivity contribution < 1.29 is 0 Å². The summed E-state index contributed by atoms with van der Waals surface area (Å²) >= 11 is 0. The molecule has 0 bridgehead atoms. The van der Waals surface area contributed by atoms with E-state index in [0.29, 0.717) is 6.04 Å². The maximum atomic E-state index is 4.61. The maximum Gasteiger partial charge on any atom is 0.0648 e. The largest absolute Gasteiger partial charge is 0.314 e. The zero-order chi connectivity index (χ0) is 13.8.